The van der Waals surface area contributed by atoms with Crippen molar-refractivity contribution in [3.63, 3.8) is 0 Å². The van der Waals surface area contributed by atoms with Crippen LogP contribution in [0.3, 0.4) is 0 Å². The molecule has 3 N–H and O–H groups in total. The van der Waals surface area contributed by atoms with Crippen LogP contribution in [0.2, 0.25) is 0 Å². The minimum Gasteiger partial charge on any atom is -0.396 e. The number of nitrogens with zero attached hydrogens (tertiary/aromatic N) is 1. The predicted octanol–water partition coefficient (Wildman–Crippen LogP) is 0.897. The van der Waals surface area contributed by atoms with E-state index < -0.39 is 0 Å². The van der Waals surface area contributed by atoms with Crippen molar-refractivity contribution in [3.05, 3.63) is 11.9 Å². The highest BCUT2D eigenvalue weighted by Gasteiger charge is 1.98. The summed E-state index contributed by atoms with van der Waals surface area (Å²) in [5.74, 6) is 1.09. The van der Waals surface area contributed by atoms with Crippen molar-refractivity contribution < 1.29 is 0 Å². The Hall–Kier alpha value is -0.640. The van der Waals surface area contributed by atoms with Crippen molar-refractivity contribution in [2.75, 3.05) is 17.7 Å². The predicted molar refractivity (Wildman–Crippen MR) is 45.1 cm³/mol. The number of nitrogens with one attached hydrogen (secondary N) is 1. The molecule has 0 aromatic carbocycles. The molecular weight excluding hydrogens is 146 g/mol. The molecule has 1 aromatic rings. The fraction of sp³-hybridized carbons (Fsp3) is 0.500. The van der Waals surface area contributed by atoms with Crippen LogP contribution in [-0.2, 0) is 6.42 Å². The number of aromatic amines is 1. The fourth-order valence-corrected chi connectivity index (χ4v) is 1.13. The normalized spacial score (nSPS) is 10.1. The second-order valence-corrected chi connectivity index (χ2v) is 3.03. The maximum atomic E-state index is 5.58. The van der Waals surface area contributed by atoms with Gasteiger partial charge >= 0.3 is 0 Å². The van der Waals surface area contributed by atoms with Crippen molar-refractivity contribution >= 4 is 17.4 Å². The van der Waals surface area contributed by atoms with Gasteiger partial charge in [-0.1, -0.05) is 0 Å². The van der Waals surface area contributed by atoms with Gasteiger partial charge < -0.3 is 5.73 Å². The van der Waals surface area contributed by atoms with Gasteiger partial charge in [-0.15, -0.1) is 0 Å². The Bertz CT molecular complexity index is 197. The Morgan fingerprint density at radius 2 is 2.60 bits per heavy atom. The largest absolute Gasteiger partial charge is 0.396 e. The van der Waals surface area contributed by atoms with Crippen LogP contribution in [0, 0.1) is 0 Å². The average Bonchev–Trinajstić information content (AvgIpc) is 2.31. The monoisotopic (exact) mass is 157 g/mol. The molecular formula is C6H11N3S. The van der Waals surface area contributed by atoms with Gasteiger partial charge in [0.2, 0.25) is 0 Å². The van der Waals surface area contributed by atoms with Crippen LogP contribution in [0.1, 0.15) is 5.69 Å². The van der Waals surface area contributed by atoms with Crippen LogP contribution in [0.5, 0.6) is 0 Å². The van der Waals surface area contributed by atoms with E-state index in [0.29, 0.717) is 0 Å². The summed E-state index contributed by atoms with van der Waals surface area (Å²) in [7, 11) is 0. The molecule has 0 spiro atoms. The van der Waals surface area contributed by atoms with E-state index >= 15 is 0 Å². The molecule has 0 aliphatic rings. The topological polar surface area (TPSA) is 54.7 Å². The second kappa shape index (κ2) is 3.51. The highest BCUT2D eigenvalue weighted by atomic mass is 32.2. The van der Waals surface area contributed by atoms with Gasteiger partial charge in [0.05, 0.1) is 17.6 Å². The summed E-state index contributed by atoms with van der Waals surface area (Å²) in [6.07, 6.45) is 4.70. The number of rotatable bonds is 3. The zero-order chi connectivity index (χ0) is 7.40. The number of H-pyrrole nitrogens is 1. The summed E-state index contributed by atoms with van der Waals surface area (Å²) in [5.41, 5.74) is 7.40. The molecule has 10 heavy (non-hydrogen) atoms. The van der Waals surface area contributed by atoms with E-state index in [1.54, 1.807) is 18.0 Å². The highest BCUT2D eigenvalue weighted by Crippen LogP contribution is 2.08. The average molecular weight is 157 g/mol. The van der Waals surface area contributed by atoms with Crippen LogP contribution in [0.25, 0.3) is 0 Å². The third kappa shape index (κ3) is 1.67. The zero-order valence-electron chi connectivity index (χ0n) is 5.92. The third-order valence-corrected chi connectivity index (χ3v) is 1.92. The molecule has 1 aromatic heterocycles. The number of thioether (sulfide) groups is 1. The molecule has 0 amide bonds. The SMILES string of the molecule is CSCCc1[nH]ncc1N. The van der Waals surface area contributed by atoms with Crippen LogP contribution in [0.4, 0.5) is 5.69 Å². The van der Waals surface area contributed by atoms with Crippen LogP contribution < -0.4 is 5.73 Å². The first-order valence-corrected chi connectivity index (χ1v) is 4.50. The molecule has 56 valence electrons. The zero-order valence-corrected chi connectivity index (χ0v) is 6.74. The molecule has 0 saturated carbocycles. The third-order valence-electron chi connectivity index (χ3n) is 1.31. The van der Waals surface area contributed by atoms with Crippen molar-refractivity contribution in [2.24, 2.45) is 0 Å². The molecule has 0 aliphatic heterocycles. The summed E-state index contributed by atoms with van der Waals surface area (Å²) in [4.78, 5) is 0. The quantitative estimate of drug-likeness (QED) is 0.685. The first kappa shape index (κ1) is 7.47. The lowest BCUT2D eigenvalue weighted by molar-refractivity contribution is 0.983. The summed E-state index contributed by atoms with van der Waals surface area (Å²) >= 11 is 1.81. The summed E-state index contributed by atoms with van der Waals surface area (Å²) in [6, 6.07) is 0. The summed E-state index contributed by atoms with van der Waals surface area (Å²) < 4.78 is 0. The van der Waals surface area contributed by atoms with E-state index in [-0.39, 0.29) is 0 Å². The molecule has 0 fully saturated rings. The molecule has 4 heteroatoms. The maximum Gasteiger partial charge on any atom is 0.0730 e. The first-order chi connectivity index (χ1) is 4.84. The Morgan fingerprint density at radius 1 is 1.80 bits per heavy atom. The number of hydrogen-bond donors (Lipinski definition) is 2. The minimum atomic E-state index is 0.772. The van der Waals surface area contributed by atoms with Gasteiger partial charge in [0.25, 0.3) is 0 Å². The molecule has 1 rings (SSSR count). The van der Waals surface area contributed by atoms with Crippen LogP contribution >= 0.6 is 11.8 Å². The molecule has 0 unspecified atom stereocenters. The van der Waals surface area contributed by atoms with Gasteiger partial charge in [0.15, 0.2) is 0 Å². The molecule has 0 atom stereocenters. The molecule has 0 aliphatic carbocycles. The van der Waals surface area contributed by atoms with Gasteiger partial charge in [-0.05, 0) is 12.0 Å². The highest BCUT2D eigenvalue weighted by molar-refractivity contribution is 7.98. The Kier molecular flexibility index (Phi) is 2.62. The number of nitrogen functional groups attached to an aromatic ring is 1. The van der Waals surface area contributed by atoms with Crippen molar-refractivity contribution in [1.82, 2.24) is 10.2 Å². The van der Waals surface area contributed by atoms with E-state index in [1.807, 2.05) is 0 Å². The summed E-state index contributed by atoms with van der Waals surface area (Å²) in [5, 5.41) is 6.67. The second-order valence-electron chi connectivity index (χ2n) is 2.05. The molecule has 0 radical (unpaired) electrons. The smallest absolute Gasteiger partial charge is 0.0730 e. The fourth-order valence-electron chi connectivity index (χ4n) is 0.727. The Morgan fingerprint density at radius 3 is 3.10 bits per heavy atom. The van der Waals surface area contributed by atoms with Crippen LogP contribution in [0.15, 0.2) is 6.20 Å². The van der Waals surface area contributed by atoms with Gasteiger partial charge in [-0.25, -0.2) is 0 Å². The Labute approximate surface area is 64.4 Å². The number of anilines is 1. The van der Waals surface area contributed by atoms with Crippen molar-refractivity contribution in [3.8, 4) is 0 Å². The summed E-state index contributed by atoms with van der Waals surface area (Å²) in [6.45, 7) is 0. The van der Waals surface area contributed by atoms with E-state index in [0.717, 1.165) is 23.6 Å². The van der Waals surface area contributed by atoms with E-state index in [4.69, 9.17) is 5.73 Å². The van der Waals surface area contributed by atoms with E-state index in [2.05, 4.69) is 16.5 Å². The van der Waals surface area contributed by atoms with Gasteiger partial charge in [-0.2, -0.15) is 16.9 Å². The van der Waals surface area contributed by atoms with Gasteiger partial charge in [0.1, 0.15) is 0 Å². The molecule has 3 nitrogen and oxygen atoms in total. The van der Waals surface area contributed by atoms with Crippen molar-refractivity contribution in [1.29, 1.82) is 0 Å². The number of nitrogens with two attached hydrogens (primary N) is 1. The van der Waals surface area contributed by atoms with E-state index in [9.17, 15) is 0 Å². The lowest BCUT2D eigenvalue weighted by Gasteiger charge is -1.94. The van der Waals surface area contributed by atoms with Gasteiger partial charge in [-0.3, -0.25) is 5.10 Å². The number of aromatic nitrogens is 2. The standard InChI is InChI=1S/C6H11N3S/c1-10-3-2-6-5(7)4-8-9-6/h4H,2-3,7H2,1H3,(H,8,9). The lowest BCUT2D eigenvalue weighted by Crippen LogP contribution is -1.93. The Balaban J connectivity index is 2.49. The number of aryl methyl sites for hydroxylation is 1. The lowest BCUT2D eigenvalue weighted by atomic mass is 10.3. The van der Waals surface area contributed by atoms with Gasteiger partial charge in [0, 0.05) is 6.42 Å². The number of hydrogen-bond acceptors (Lipinski definition) is 3. The van der Waals surface area contributed by atoms with Crippen molar-refractivity contribution in [2.45, 2.75) is 6.42 Å². The van der Waals surface area contributed by atoms with E-state index in [1.165, 1.54) is 0 Å². The minimum absolute atomic E-state index is 0.772. The van der Waals surface area contributed by atoms with Crippen LogP contribution in [-0.4, -0.2) is 22.2 Å². The molecule has 0 saturated heterocycles. The first-order valence-electron chi connectivity index (χ1n) is 3.11. The maximum absolute atomic E-state index is 5.58. The molecule has 1 heterocycles. The molecule has 0 bridgehead atoms.